The molecular formula is C31H32N4O7. The Labute approximate surface area is 242 Å². The minimum absolute atomic E-state index is 0.0220. The average Bonchev–Trinajstić information content (AvgIpc) is 2.93. The Morgan fingerprint density at radius 1 is 1.14 bits per heavy atom. The topological polar surface area (TPSA) is 197 Å². The van der Waals surface area contributed by atoms with Crippen LogP contribution in [0.1, 0.15) is 29.5 Å². The van der Waals surface area contributed by atoms with Crippen LogP contribution < -0.4 is 11.1 Å². The molecule has 0 bridgehead atoms. The van der Waals surface area contributed by atoms with Crippen LogP contribution in [0.15, 0.2) is 53.3 Å². The van der Waals surface area contributed by atoms with Crippen LogP contribution in [0, 0.1) is 23.2 Å². The normalized spacial score (nSPS) is 25.2. The van der Waals surface area contributed by atoms with E-state index in [2.05, 4.69) is 11.4 Å². The van der Waals surface area contributed by atoms with Crippen molar-refractivity contribution >= 4 is 23.2 Å². The van der Waals surface area contributed by atoms with Crippen LogP contribution in [0.25, 0.3) is 16.9 Å². The number of aliphatic hydroxyl groups excluding tert-OH is 2. The number of benzene rings is 2. The molecule has 11 heteroatoms. The van der Waals surface area contributed by atoms with Gasteiger partial charge in [0.05, 0.1) is 17.7 Å². The molecule has 0 saturated heterocycles. The predicted molar refractivity (Wildman–Crippen MR) is 152 cm³/mol. The fraction of sp³-hybridized carbons (Fsp3) is 0.355. The molecule has 0 radical (unpaired) electrons. The number of phenolic OH excluding ortho intramolecular Hbond substituents is 1. The maximum atomic E-state index is 14.0. The second-order valence-electron chi connectivity index (χ2n) is 11.2. The summed E-state index contributed by atoms with van der Waals surface area (Å²) in [6, 6.07) is 11.8. The summed E-state index contributed by atoms with van der Waals surface area (Å²) in [4.78, 5) is 40.8. The third kappa shape index (κ3) is 4.36. The van der Waals surface area contributed by atoms with Gasteiger partial charge in [-0.05, 0) is 61.2 Å². The van der Waals surface area contributed by atoms with Gasteiger partial charge < -0.3 is 31.5 Å². The van der Waals surface area contributed by atoms with Crippen molar-refractivity contribution < 1.29 is 34.8 Å². The number of aromatic hydroxyl groups is 1. The van der Waals surface area contributed by atoms with Gasteiger partial charge in [0, 0.05) is 31.0 Å². The number of fused-ring (bicyclic) bond motifs is 3. The number of nitrogens with two attached hydrogens (primary N) is 1. The van der Waals surface area contributed by atoms with Gasteiger partial charge in [0.1, 0.15) is 22.8 Å². The van der Waals surface area contributed by atoms with Gasteiger partial charge >= 0.3 is 0 Å². The third-order valence-electron chi connectivity index (χ3n) is 8.61. The first kappa shape index (κ1) is 29.0. The minimum atomic E-state index is -2.67. The Kier molecular flexibility index (Phi) is 7.41. The number of likely N-dealkylation sites (N-methyl/N-ethyl adjacent to an activating group) is 1. The highest BCUT2D eigenvalue weighted by Crippen LogP contribution is 2.53. The number of carbonyl (C=O) groups is 3. The number of nitrogens with one attached hydrogen (secondary N) is 1. The summed E-state index contributed by atoms with van der Waals surface area (Å²) >= 11 is 0. The van der Waals surface area contributed by atoms with Gasteiger partial charge in [-0.3, -0.25) is 19.3 Å². The van der Waals surface area contributed by atoms with Crippen molar-refractivity contribution in [2.24, 2.45) is 17.6 Å². The Balaban J connectivity index is 1.60. The van der Waals surface area contributed by atoms with E-state index in [1.807, 2.05) is 24.3 Å². The van der Waals surface area contributed by atoms with Crippen LogP contribution in [0.5, 0.6) is 5.75 Å². The lowest BCUT2D eigenvalue weighted by atomic mass is 9.57. The van der Waals surface area contributed by atoms with E-state index in [4.69, 9.17) is 11.0 Å². The van der Waals surface area contributed by atoms with E-state index in [0.29, 0.717) is 25.1 Å². The molecule has 0 aromatic heterocycles. The number of rotatable bonds is 7. The summed E-state index contributed by atoms with van der Waals surface area (Å²) in [5.74, 6) is -6.80. The first-order chi connectivity index (χ1) is 19.9. The molecule has 2 aromatic rings. The molecule has 218 valence electrons. The quantitative estimate of drug-likeness (QED) is 0.209. The van der Waals surface area contributed by atoms with Crippen molar-refractivity contribution in [3.8, 4) is 22.9 Å². The molecule has 0 spiro atoms. The fourth-order valence-corrected chi connectivity index (χ4v) is 6.69. The van der Waals surface area contributed by atoms with Crippen LogP contribution in [0.2, 0.25) is 0 Å². The Bertz CT molecular complexity index is 1600. The van der Waals surface area contributed by atoms with E-state index in [-0.39, 0.29) is 29.7 Å². The molecule has 3 aliphatic rings. The molecule has 7 N–H and O–H groups in total. The Morgan fingerprint density at radius 3 is 2.45 bits per heavy atom. The SMILES string of the molecule is CN(C)[C@@H]1C(=O)C(C(N)=O)=C(O)[C@@]2(O)C(=O)C3=C(O)c4c(O)ccc(-c5ccc(CNCCC#N)cc5)c4C[C@H]3C[C@@H]12. The van der Waals surface area contributed by atoms with Crippen LogP contribution in [-0.4, -0.2) is 75.1 Å². The van der Waals surface area contributed by atoms with Gasteiger partial charge in [-0.15, -0.1) is 0 Å². The van der Waals surface area contributed by atoms with E-state index in [1.54, 1.807) is 20.2 Å². The van der Waals surface area contributed by atoms with Gasteiger partial charge in [-0.25, -0.2) is 0 Å². The molecule has 3 aliphatic carbocycles. The highest BCUT2D eigenvalue weighted by Gasteiger charge is 2.64. The average molecular weight is 573 g/mol. The standard InChI is InChI=1S/C31H32N4O7/c1-35(2)25-20-13-17-12-19-18(16-6-4-15(5-7-16)14-34-11-3-10-32)8-9-21(36)23(19)26(37)22(17)28(39)31(20,42)29(40)24(27(25)38)30(33)41/h4-9,17,20,25,34,36-37,40,42H,3,11-14H2,1-2H3,(H2,33,41)/t17-,20-,25-,31-/m0/s1. The molecule has 2 aromatic carbocycles. The number of Topliss-reactive ketones (excluding diaryl/α,β-unsaturated/α-hetero) is 2. The number of hydrogen-bond donors (Lipinski definition) is 6. The zero-order chi connectivity index (χ0) is 30.5. The third-order valence-corrected chi connectivity index (χ3v) is 8.61. The summed E-state index contributed by atoms with van der Waals surface area (Å²) < 4.78 is 0. The molecule has 0 unspecified atom stereocenters. The molecule has 5 rings (SSSR count). The lowest BCUT2D eigenvalue weighted by Crippen LogP contribution is -2.65. The van der Waals surface area contributed by atoms with Gasteiger partial charge in [-0.2, -0.15) is 5.26 Å². The minimum Gasteiger partial charge on any atom is -0.508 e. The van der Waals surface area contributed by atoms with Crippen molar-refractivity contribution in [3.63, 3.8) is 0 Å². The monoisotopic (exact) mass is 572 g/mol. The number of ketones is 2. The number of primary amides is 1. The summed E-state index contributed by atoms with van der Waals surface area (Å²) in [7, 11) is 3.12. The second-order valence-corrected chi connectivity index (χ2v) is 11.2. The van der Waals surface area contributed by atoms with Gasteiger partial charge in [0.15, 0.2) is 11.4 Å². The number of amides is 1. The van der Waals surface area contributed by atoms with Crippen molar-refractivity contribution in [3.05, 3.63) is 70.0 Å². The van der Waals surface area contributed by atoms with Crippen molar-refractivity contribution in [2.75, 3.05) is 20.6 Å². The maximum absolute atomic E-state index is 14.0. The van der Waals surface area contributed by atoms with Crippen LogP contribution in [0.4, 0.5) is 0 Å². The number of carbonyl (C=O) groups excluding carboxylic acids is 3. The molecule has 42 heavy (non-hydrogen) atoms. The summed E-state index contributed by atoms with van der Waals surface area (Å²) in [5.41, 5.74) is 4.86. The molecule has 4 atom stereocenters. The van der Waals surface area contributed by atoms with Crippen molar-refractivity contribution in [1.82, 2.24) is 10.2 Å². The number of nitriles is 1. The molecule has 1 amide bonds. The van der Waals surface area contributed by atoms with Crippen LogP contribution in [0.3, 0.4) is 0 Å². The molecule has 0 heterocycles. The first-order valence-electron chi connectivity index (χ1n) is 13.6. The molecular weight excluding hydrogens is 540 g/mol. The zero-order valence-corrected chi connectivity index (χ0v) is 23.2. The summed E-state index contributed by atoms with van der Waals surface area (Å²) in [6.45, 7) is 1.16. The largest absolute Gasteiger partial charge is 0.508 e. The lowest BCUT2D eigenvalue weighted by Gasteiger charge is -2.50. The number of phenols is 1. The second kappa shape index (κ2) is 10.7. The zero-order valence-electron chi connectivity index (χ0n) is 23.2. The predicted octanol–water partition coefficient (Wildman–Crippen LogP) is 1.63. The highest BCUT2D eigenvalue weighted by molar-refractivity contribution is 6.24. The number of aliphatic hydroxyl groups is 3. The first-order valence-corrected chi connectivity index (χ1v) is 13.6. The van der Waals surface area contributed by atoms with Gasteiger partial charge in [0.2, 0.25) is 5.78 Å². The lowest BCUT2D eigenvalue weighted by molar-refractivity contribution is -0.153. The molecule has 1 fully saturated rings. The van der Waals surface area contributed by atoms with Crippen molar-refractivity contribution in [2.45, 2.75) is 37.5 Å². The maximum Gasteiger partial charge on any atom is 0.255 e. The van der Waals surface area contributed by atoms with E-state index >= 15 is 0 Å². The summed E-state index contributed by atoms with van der Waals surface area (Å²) in [6.07, 6.45) is 0.633. The van der Waals surface area contributed by atoms with Gasteiger partial charge in [0.25, 0.3) is 5.91 Å². The van der Waals surface area contributed by atoms with Crippen LogP contribution in [-0.2, 0) is 27.3 Å². The van der Waals surface area contributed by atoms with E-state index < -0.39 is 58.0 Å². The smallest absolute Gasteiger partial charge is 0.255 e. The molecule has 1 saturated carbocycles. The van der Waals surface area contributed by atoms with E-state index in [1.165, 1.54) is 11.0 Å². The Morgan fingerprint density at radius 2 is 1.83 bits per heavy atom. The van der Waals surface area contributed by atoms with Crippen molar-refractivity contribution in [1.29, 1.82) is 5.26 Å². The number of hydrogen-bond acceptors (Lipinski definition) is 10. The van der Waals surface area contributed by atoms with E-state index in [0.717, 1.165) is 16.7 Å². The fourth-order valence-electron chi connectivity index (χ4n) is 6.69. The Hall–Kier alpha value is -4.50. The van der Waals surface area contributed by atoms with Gasteiger partial charge in [-0.1, -0.05) is 30.3 Å². The van der Waals surface area contributed by atoms with E-state index in [9.17, 15) is 34.8 Å². The molecule has 0 aliphatic heterocycles. The number of nitrogens with zero attached hydrogens (tertiary/aromatic N) is 2. The molecule has 11 nitrogen and oxygen atoms in total. The summed E-state index contributed by atoms with van der Waals surface area (Å²) in [5, 5.41) is 56.8. The van der Waals surface area contributed by atoms with Crippen LogP contribution >= 0.6 is 0 Å². The highest BCUT2D eigenvalue weighted by atomic mass is 16.3.